The normalized spacial score (nSPS) is 28.3. The largest absolute Gasteiger partial charge is 0.311 e. The average Bonchev–Trinajstić information content (AvgIpc) is 2.21. The van der Waals surface area contributed by atoms with Gasteiger partial charge in [-0.25, -0.2) is 0 Å². The van der Waals surface area contributed by atoms with Crippen molar-refractivity contribution in [1.82, 2.24) is 10.2 Å². The summed E-state index contributed by atoms with van der Waals surface area (Å²) in [6.07, 6.45) is 4.60. The van der Waals surface area contributed by atoms with Gasteiger partial charge in [-0.05, 0) is 12.3 Å². The van der Waals surface area contributed by atoms with Crippen LogP contribution in [0.2, 0.25) is 0 Å². The van der Waals surface area contributed by atoms with Gasteiger partial charge in [0.15, 0.2) is 0 Å². The number of hydrogen-bond acceptors (Lipinski definition) is 2. The van der Waals surface area contributed by atoms with E-state index in [1.54, 1.807) is 0 Å². The minimum atomic E-state index is 0.651. The van der Waals surface area contributed by atoms with E-state index in [-0.39, 0.29) is 0 Å². The SMILES string of the molecule is C=CCN1CC(C(C)C)NCC1CCC. The second-order valence-corrected chi connectivity index (χ2v) is 4.94. The van der Waals surface area contributed by atoms with Crippen molar-refractivity contribution in [2.75, 3.05) is 19.6 Å². The molecule has 1 fully saturated rings. The minimum Gasteiger partial charge on any atom is -0.311 e. The molecule has 0 spiro atoms. The molecule has 2 heteroatoms. The van der Waals surface area contributed by atoms with Gasteiger partial charge in [0, 0.05) is 31.7 Å². The van der Waals surface area contributed by atoms with Crippen molar-refractivity contribution in [2.45, 2.75) is 45.7 Å². The molecule has 1 aliphatic rings. The number of rotatable bonds is 5. The summed E-state index contributed by atoms with van der Waals surface area (Å²) in [6, 6.07) is 1.36. The van der Waals surface area contributed by atoms with Crippen LogP contribution in [0, 0.1) is 5.92 Å². The number of nitrogens with zero attached hydrogens (tertiary/aromatic N) is 1. The van der Waals surface area contributed by atoms with Gasteiger partial charge in [0.2, 0.25) is 0 Å². The van der Waals surface area contributed by atoms with Crippen molar-refractivity contribution < 1.29 is 0 Å². The summed E-state index contributed by atoms with van der Waals surface area (Å²) >= 11 is 0. The Hall–Kier alpha value is -0.340. The van der Waals surface area contributed by atoms with E-state index in [0.717, 1.165) is 19.0 Å². The van der Waals surface area contributed by atoms with Gasteiger partial charge in [0.25, 0.3) is 0 Å². The third-order valence-electron chi connectivity index (χ3n) is 3.35. The first-order valence-corrected chi connectivity index (χ1v) is 6.27. The molecule has 0 saturated carbocycles. The Labute approximate surface area is 94.7 Å². The third-order valence-corrected chi connectivity index (χ3v) is 3.35. The van der Waals surface area contributed by atoms with Crippen molar-refractivity contribution in [3.8, 4) is 0 Å². The molecule has 2 atom stereocenters. The smallest absolute Gasteiger partial charge is 0.0224 e. The zero-order valence-corrected chi connectivity index (χ0v) is 10.5. The highest BCUT2D eigenvalue weighted by Gasteiger charge is 2.27. The van der Waals surface area contributed by atoms with E-state index in [0.29, 0.717) is 12.1 Å². The molecule has 0 radical (unpaired) electrons. The Kier molecular flexibility index (Phi) is 5.34. The van der Waals surface area contributed by atoms with Gasteiger partial charge in [0.1, 0.15) is 0 Å². The quantitative estimate of drug-likeness (QED) is 0.700. The lowest BCUT2D eigenvalue weighted by Gasteiger charge is -2.41. The van der Waals surface area contributed by atoms with E-state index < -0.39 is 0 Å². The van der Waals surface area contributed by atoms with Crippen molar-refractivity contribution >= 4 is 0 Å². The molecule has 1 heterocycles. The lowest BCUT2D eigenvalue weighted by Crippen LogP contribution is -2.57. The fourth-order valence-corrected chi connectivity index (χ4v) is 2.34. The highest BCUT2D eigenvalue weighted by molar-refractivity contribution is 4.90. The predicted molar refractivity (Wildman–Crippen MR) is 67.1 cm³/mol. The van der Waals surface area contributed by atoms with Gasteiger partial charge in [-0.2, -0.15) is 0 Å². The Morgan fingerprint density at radius 3 is 2.80 bits per heavy atom. The molecule has 0 amide bonds. The van der Waals surface area contributed by atoms with Crippen LogP contribution in [0.3, 0.4) is 0 Å². The molecule has 1 rings (SSSR count). The Morgan fingerprint density at radius 2 is 2.27 bits per heavy atom. The second-order valence-electron chi connectivity index (χ2n) is 4.94. The van der Waals surface area contributed by atoms with Crippen LogP contribution >= 0.6 is 0 Å². The summed E-state index contributed by atoms with van der Waals surface area (Å²) < 4.78 is 0. The maximum atomic E-state index is 3.86. The van der Waals surface area contributed by atoms with Crippen molar-refractivity contribution in [2.24, 2.45) is 5.92 Å². The summed E-state index contributed by atoms with van der Waals surface area (Å²) in [6.45, 7) is 14.1. The third kappa shape index (κ3) is 3.62. The summed E-state index contributed by atoms with van der Waals surface area (Å²) in [5.74, 6) is 0.722. The Bertz CT molecular complexity index is 189. The van der Waals surface area contributed by atoms with Gasteiger partial charge in [-0.1, -0.05) is 33.3 Å². The number of piperazine rings is 1. The molecule has 0 aromatic rings. The predicted octanol–water partition coefficient (Wildman–Crippen LogP) is 2.27. The first-order valence-electron chi connectivity index (χ1n) is 6.27. The van der Waals surface area contributed by atoms with E-state index in [4.69, 9.17) is 0 Å². The van der Waals surface area contributed by atoms with E-state index in [9.17, 15) is 0 Å². The summed E-state index contributed by atoms with van der Waals surface area (Å²) in [5.41, 5.74) is 0. The van der Waals surface area contributed by atoms with E-state index >= 15 is 0 Å². The molecule has 0 bridgehead atoms. The number of nitrogens with one attached hydrogen (secondary N) is 1. The van der Waals surface area contributed by atoms with Crippen LogP contribution in [0.4, 0.5) is 0 Å². The molecule has 1 N–H and O–H groups in total. The van der Waals surface area contributed by atoms with E-state index in [2.05, 4.69) is 37.6 Å². The highest BCUT2D eigenvalue weighted by atomic mass is 15.2. The van der Waals surface area contributed by atoms with Crippen molar-refractivity contribution in [3.63, 3.8) is 0 Å². The Balaban J connectivity index is 2.52. The molecular formula is C13H26N2. The van der Waals surface area contributed by atoms with Gasteiger partial charge >= 0.3 is 0 Å². The number of hydrogen-bond donors (Lipinski definition) is 1. The Morgan fingerprint density at radius 1 is 1.53 bits per heavy atom. The van der Waals surface area contributed by atoms with Gasteiger partial charge < -0.3 is 5.32 Å². The van der Waals surface area contributed by atoms with Gasteiger partial charge in [0.05, 0.1) is 0 Å². The van der Waals surface area contributed by atoms with Crippen LogP contribution in [-0.4, -0.2) is 36.6 Å². The van der Waals surface area contributed by atoms with Gasteiger partial charge in [-0.3, -0.25) is 4.90 Å². The fourth-order valence-electron chi connectivity index (χ4n) is 2.34. The molecule has 0 aliphatic carbocycles. The van der Waals surface area contributed by atoms with E-state index in [1.165, 1.54) is 19.4 Å². The first kappa shape index (κ1) is 12.7. The molecule has 1 aliphatic heterocycles. The van der Waals surface area contributed by atoms with Crippen LogP contribution in [0.15, 0.2) is 12.7 Å². The van der Waals surface area contributed by atoms with Crippen LogP contribution in [0.25, 0.3) is 0 Å². The zero-order valence-electron chi connectivity index (χ0n) is 10.5. The van der Waals surface area contributed by atoms with Crippen LogP contribution in [0.1, 0.15) is 33.6 Å². The molecule has 0 aromatic heterocycles. The molecule has 15 heavy (non-hydrogen) atoms. The van der Waals surface area contributed by atoms with Crippen molar-refractivity contribution in [3.05, 3.63) is 12.7 Å². The van der Waals surface area contributed by atoms with Crippen LogP contribution < -0.4 is 5.32 Å². The lowest BCUT2D eigenvalue weighted by molar-refractivity contribution is 0.120. The maximum Gasteiger partial charge on any atom is 0.0224 e. The first-order chi connectivity index (χ1) is 7.19. The molecule has 2 unspecified atom stereocenters. The minimum absolute atomic E-state index is 0.651. The monoisotopic (exact) mass is 210 g/mol. The summed E-state index contributed by atoms with van der Waals surface area (Å²) in [7, 11) is 0. The van der Waals surface area contributed by atoms with Crippen molar-refractivity contribution in [1.29, 1.82) is 0 Å². The van der Waals surface area contributed by atoms with E-state index in [1.807, 2.05) is 6.08 Å². The summed E-state index contributed by atoms with van der Waals surface area (Å²) in [4.78, 5) is 2.58. The summed E-state index contributed by atoms with van der Waals surface area (Å²) in [5, 5.41) is 3.67. The molecule has 1 saturated heterocycles. The molecule has 2 nitrogen and oxygen atoms in total. The highest BCUT2D eigenvalue weighted by Crippen LogP contribution is 2.15. The molecular weight excluding hydrogens is 184 g/mol. The average molecular weight is 210 g/mol. The second kappa shape index (κ2) is 6.29. The topological polar surface area (TPSA) is 15.3 Å². The zero-order chi connectivity index (χ0) is 11.3. The molecule has 88 valence electrons. The van der Waals surface area contributed by atoms with Gasteiger partial charge in [-0.15, -0.1) is 6.58 Å². The lowest BCUT2D eigenvalue weighted by atomic mass is 9.97. The standard InChI is InChI=1S/C13H26N2/c1-5-7-12-9-14-13(11(3)4)10-15(12)8-6-2/h6,11-14H,2,5,7-10H2,1,3-4H3. The van der Waals surface area contributed by atoms with Crippen LogP contribution in [-0.2, 0) is 0 Å². The maximum absolute atomic E-state index is 3.86. The van der Waals surface area contributed by atoms with Crippen LogP contribution in [0.5, 0.6) is 0 Å². The molecule has 0 aromatic carbocycles. The fraction of sp³-hybridized carbons (Fsp3) is 0.846.